The molecule has 0 atom stereocenters. The largest absolute Gasteiger partial charge is 0.310 e. The average Bonchev–Trinajstić information content (AvgIpc) is 3.52. The predicted molar refractivity (Wildman–Crippen MR) is 116 cm³/mol. The van der Waals surface area contributed by atoms with Crippen LogP contribution in [0.15, 0.2) is 48.8 Å². The highest BCUT2D eigenvalue weighted by Crippen LogP contribution is 2.43. The van der Waals surface area contributed by atoms with Crippen molar-refractivity contribution in [1.82, 2.24) is 9.97 Å². The van der Waals surface area contributed by atoms with E-state index in [4.69, 9.17) is 11.6 Å². The van der Waals surface area contributed by atoms with Crippen molar-refractivity contribution in [2.75, 3.05) is 5.32 Å². The number of anilines is 1. The van der Waals surface area contributed by atoms with Crippen LogP contribution in [0.5, 0.6) is 0 Å². The smallest absolute Gasteiger partial charge is 0.230 e. The van der Waals surface area contributed by atoms with Gasteiger partial charge in [0.25, 0.3) is 0 Å². The Morgan fingerprint density at radius 3 is 2.68 bits per heavy atom. The summed E-state index contributed by atoms with van der Waals surface area (Å²) < 4.78 is 28.5. The number of carbonyl (C=O) groups is 1. The summed E-state index contributed by atoms with van der Waals surface area (Å²) in [6.07, 6.45) is 7.31. The lowest BCUT2D eigenvalue weighted by atomic mass is 10.0. The van der Waals surface area contributed by atoms with E-state index < -0.39 is 5.82 Å². The van der Waals surface area contributed by atoms with Crippen LogP contribution in [0.4, 0.5) is 14.6 Å². The number of nitrogens with zero attached hydrogens (tertiary/aromatic N) is 2. The lowest BCUT2D eigenvalue weighted by Gasteiger charge is -2.09. The second-order valence-electron chi connectivity index (χ2n) is 7.87. The summed E-state index contributed by atoms with van der Waals surface area (Å²) in [5.74, 6) is -0.404. The molecule has 0 radical (unpaired) electrons. The molecular formula is C24H18ClF2N3O. The SMILES string of the molecule is O=C(Cc1ccc(-c2cnc3c(c2)C(F)=CC3)cc1F)Nc1cc(Cl)c(C2CC2)cn1. The van der Waals surface area contributed by atoms with E-state index in [2.05, 4.69) is 15.3 Å². The Morgan fingerprint density at radius 2 is 1.94 bits per heavy atom. The van der Waals surface area contributed by atoms with Gasteiger partial charge >= 0.3 is 0 Å². The Labute approximate surface area is 183 Å². The van der Waals surface area contributed by atoms with Crippen molar-refractivity contribution in [3.63, 3.8) is 0 Å². The first kappa shape index (κ1) is 19.8. The van der Waals surface area contributed by atoms with Crippen LogP contribution in [0.1, 0.15) is 41.1 Å². The van der Waals surface area contributed by atoms with Gasteiger partial charge in [-0.1, -0.05) is 23.7 Å². The van der Waals surface area contributed by atoms with Crippen LogP contribution in [0.3, 0.4) is 0 Å². The van der Waals surface area contributed by atoms with E-state index in [0.717, 1.165) is 18.4 Å². The van der Waals surface area contributed by atoms with Crippen LogP contribution in [0, 0.1) is 5.82 Å². The molecule has 1 amide bonds. The fraction of sp³-hybridized carbons (Fsp3) is 0.208. The van der Waals surface area contributed by atoms with Gasteiger partial charge in [0.05, 0.1) is 12.1 Å². The van der Waals surface area contributed by atoms with Crippen molar-refractivity contribution < 1.29 is 13.6 Å². The van der Waals surface area contributed by atoms with Crippen LogP contribution >= 0.6 is 11.6 Å². The van der Waals surface area contributed by atoms with Gasteiger partial charge in [-0.25, -0.2) is 13.8 Å². The van der Waals surface area contributed by atoms with E-state index in [-0.39, 0.29) is 23.7 Å². The predicted octanol–water partition coefficient (Wildman–Crippen LogP) is 5.86. The number of hydrogen-bond donors (Lipinski definition) is 1. The maximum atomic E-state index is 14.7. The van der Waals surface area contributed by atoms with Gasteiger partial charge in [0.2, 0.25) is 5.91 Å². The fourth-order valence-corrected chi connectivity index (χ4v) is 4.06. The van der Waals surface area contributed by atoms with Crippen LogP contribution in [0.2, 0.25) is 5.02 Å². The topological polar surface area (TPSA) is 54.9 Å². The van der Waals surface area contributed by atoms with Crippen molar-refractivity contribution >= 4 is 29.2 Å². The first-order valence-electron chi connectivity index (χ1n) is 10.1. The third-order valence-corrected chi connectivity index (χ3v) is 5.93. The van der Waals surface area contributed by atoms with Crippen LogP contribution < -0.4 is 5.32 Å². The molecule has 31 heavy (non-hydrogen) atoms. The van der Waals surface area contributed by atoms with Gasteiger partial charge in [-0.3, -0.25) is 9.78 Å². The zero-order valence-electron chi connectivity index (χ0n) is 16.5. The zero-order valence-corrected chi connectivity index (χ0v) is 17.2. The molecule has 2 aromatic heterocycles. The summed E-state index contributed by atoms with van der Waals surface area (Å²) in [4.78, 5) is 20.9. The third-order valence-electron chi connectivity index (χ3n) is 5.61. The number of halogens is 3. The van der Waals surface area contributed by atoms with Crippen molar-refractivity contribution in [2.45, 2.75) is 31.6 Å². The molecule has 156 valence electrons. The van der Waals surface area contributed by atoms with Crippen molar-refractivity contribution in [3.8, 4) is 11.1 Å². The van der Waals surface area contributed by atoms with Gasteiger partial charge in [0.1, 0.15) is 17.5 Å². The summed E-state index contributed by atoms with van der Waals surface area (Å²) in [6, 6.07) is 7.89. The van der Waals surface area contributed by atoms with Gasteiger partial charge in [0.15, 0.2) is 0 Å². The molecule has 4 nitrogen and oxygen atoms in total. The highest BCUT2D eigenvalue weighted by Gasteiger charge is 2.26. The Balaban J connectivity index is 1.29. The molecule has 2 heterocycles. The summed E-state index contributed by atoms with van der Waals surface area (Å²) >= 11 is 6.27. The number of amides is 1. The molecule has 3 aromatic rings. The minimum atomic E-state index is -0.515. The molecule has 0 bridgehead atoms. The van der Waals surface area contributed by atoms with Crippen molar-refractivity contribution in [2.24, 2.45) is 0 Å². The first-order valence-corrected chi connectivity index (χ1v) is 10.4. The van der Waals surface area contributed by atoms with Gasteiger partial charge in [-0.05, 0) is 59.7 Å². The number of allylic oxidation sites excluding steroid dienone is 1. The minimum Gasteiger partial charge on any atom is -0.310 e. The van der Waals surface area contributed by atoms with Crippen molar-refractivity contribution in [1.29, 1.82) is 0 Å². The first-order chi connectivity index (χ1) is 15.0. The highest BCUT2D eigenvalue weighted by atomic mass is 35.5. The number of aromatic nitrogens is 2. The lowest BCUT2D eigenvalue weighted by molar-refractivity contribution is -0.115. The Kier molecular flexibility index (Phi) is 5.02. The lowest BCUT2D eigenvalue weighted by Crippen LogP contribution is -2.16. The van der Waals surface area contributed by atoms with Crippen molar-refractivity contribution in [3.05, 3.63) is 82.0 Å². The molecule has 2 aliphatic carbocycles. The molecular weight excluding hydrogens is 420 g/mol. The van der Waals surface area contributed by atoms with E-state index in [9.17, 15) is 13.6 Å². The molecule has 1 N–H and O–H groups in total. The fourth-order valence-electron chi connectivity index (χ4n) is 3.75. The van der Waals surface area contributed by atoms with E-state index in [1.807, 2.05) is 0 Å². The molecule has 0 unspecified atom stereocenters. The number of pyridine rings is 2. The van der Waals surface area contributed by atoms with E-state index in [0.29, 0.717) is 45.6 Å². The number of benzene rings is 1. The third kappa shape index (κ3) is 4.08. The Hall–Kier alpha value is -3.12. The maximum Gasteiger partial charge on any atom is 0.230 e. The molecule has 0 aliphatic heterocycles. The summed E-state index contributed by atoms with van der Waals surface area (Å²) in [7, 11) is 0. The van der Waals surface area contributed by atoms with Crippen LogP contribution in [-0.4, -0.2) is 15.9 Å². The number of fused-ring (bicyclic) bond motifs is 1. The van der Waals surface area contributed by atoms with Crippen LogP contribution in [-0.2, 0) is 17.6 Å². The molecule has 0 saturated heterocycles. The minimum absolute atomic E-state index is 0.143. The van der Waals surface area contributed by atoms with E-state index in [1.54, 1.807) is 36.7 Å². The Bertz CT molecular complexity index is 1240. The summed E-state index contributed by atoms with van der Waals surface area (Å²) in [6.45, 7) is 0. The zero-order chi connectivity index (χ0) is 21.5. The monoisotopic (exact) mass is 437 g/mol. The second kappa shape index (κ2) is 7.85. The second-order valence-corrected chi connectivity index (χ2v) is 8.28. The van der Waals surface area contributed by atoms with Gasteiger partial charge in [-0.2, -0.15) is 0 Å². The summed E-state index contributed by atoms with van der Waals surface area (Å²) in [5.41, 5.74) is 3.56. The highest BCUT2D eigenvalue weighted by molar-refractivity contribution is 6.31. The quantitative estimate of drug-likeness (QED) is 0.543. The van der Waals surface area contributed by atoms with Gasteiger partial charge in [-0.15, -0.1) is 0 Å². The molecule has 0 spiro atoms. The molecule has 2 aliphatic rings. The molecule has 1 fully saturated rings. The molecule has 7 heteroatoms. The van der Waals surface area contributed by atoms with E-state index >= 15 is 0 Å². The number of hydrogen-bond acceptors (Lipinski definition) is 3. The molecule has 1 saturated carbocycles. The molecule has 1 aromatic carbocycles. The van der Waals surface area contributed by atoms with E-state index in [1.165, 1.54) is 12.1 Å². The molecule has 5 rings (SSSR count). The average molecular weight is 438 g/mol. The summed E-state index contributed by atoms with van der Waals surface area (Å²) in [5, 5.41) is 3.25. The van der Waals surface area contributed by atoms with Gasteiger partial charge in [0, 0.05) is 35.0 Å². The normalized spacial score (nSPS) is 14.9. The standard InChI is InChI=1S/C24H18ClF2N3O/c25-19-10-23(29-12-18(19)13-1-2-13)30-24(31)9-15-4-3-14(8-21(15)27)16-7-17-20(26)5-6-22(17)28-11-16/h3-5,7-8,10-13H,1-2,6,9H2,(H,29,30,31). The van der Waals surface area contributed by atoms with Gasteiger partial charge < -0.3 is 5.32 Å². The number of carbonyl (C=O) groups excluding carboxylic acids is 1. The van der Waals surface area contributed by atoms with Crippen LogP contribution in [0.25, 0.3) is 17.0 Å². The Morgan fingerprint density at radius 1 is 1.10 bits per heavy atom. The number of rotatable bonds is 5. The number of nitrogens with one attached hydrogen (secondary N) is 1. The maximum absolute atomic E-state index is 14.7.